The van der Waals surface area contributed by atoms with Crippen LogP contribution < -0.4 is 16.7 Å². The molecule has 0 fully saturated rings. The Morgan fingerprint density at radius 2 is 1.92 bits per heavy atom. The second kappa shape index (κ2) is 3.70. The number of hydroxylamine groups is 1. The van der Waals surface area contributed by atoms with Gasteiger partial charge in [0.15, 0.2) is 0 Å². The first-order chi connectivity index (χ1) is 5.77. The lowest BCUT2D eigenvalue weighted by molar-refractivity contribution is 0.0706. The molecule has 0 aromatic heterocycles. The number of hydrazine groups is 1. The number of nitrogens with two attached hydrogens (primary N) is 1. The number of hydrogen-bond donors (Lipinski definition) is 4. The summed E-state index contributed by atoms with van der Waals surface area (Å²) in [4.78, 5) is 10.8. The second-order valence-electron chi connectivity index (χ2n) is 2.16. The van der Waals surface area contributed by atoms with Crippen molar-refractivity contribution in [2.24, 2.45) is 5.84 Å². The van der Waals surface area contributed by atoms with E-state index in [-0.39, 0.29) is 0 Å². The van der Waals surface area contributed by atoms with Crippen LogP contribution in [0.5, 0.6) is 0 Å². The van der Waals surface area contributed by atoms with E-state index in [2.05, 4.69) is 5.43 Å². The molecule has 0 aliphatic rings. The van der Waals surface area contributed by atoms with Crippen LogP contribution in [0.25, 0.3) is 0 Å². The number of hydrogen-bond acceptors (Lipinski definition) is 4. The zero-order chi connectivity index (χ0) is 8.97. The van der Waals surface area contributed by atoms with Gasteiger partial charge in [0.1, 0.15) is 0 Å². The summed E-state index contributed by atoms with van der Waals surface area (Å²) in [5, 5.41) is 8.27. The topological polar surface area (TPSA) is 87.4 Å². The molecule has 5 heteroatoms. The summed E-state index contributed by atoms with van der Waals surface area (Å²) < 4.78 is 0. The van der Waals surface area contributed by atoms with Gasteiger partial charge in [0.2, 0.25) is 0 Å². The molecule has 1 aromatic rings. The summed E-state index contributed by atoms with van der Waals surface area (Å²) in [6.07, 6.45) is 0. The van der Waals surface area contributed by atoms with E-state index in [1.165, 1.54) is 5.48 Å². The highest BCUT2D eigenvalue weighted by Gasteiger charge is 2.01. The Labute approximate surface area is 69.1 Å². The van der Waals surface area contributed by atoms with Gasteiger partial charge in [0, 0.05) is 11.3 Å². The highest BCUT2D eigenvalue weighted by molar-refractivity contribution is 5.93. The number of rotatable bonds is 2. The quantitative estimate of drug-likeness (QED) is 0.285. The van der Waals surface area contributed by atoms with Gasteiger partial charge in [-0.05, 0) is 24.3 Å². The van der Waals surface area contributed by atoms with E-state index in [0.29, 0.717) is 11.3 Å². The summed E-state index contributed by atoms with van der Waals surface area (Å²) >= 11 is 0. The molecular weight excluding hydrogens is 158 g/mol. The first-order valence-electron chi connectivity index (χ1n) is 3.29. The Morgan fingerprint density at radius 3 is 2.33 bits per heavy atom. The molecule has 1 aromatic carbocycles. The van der Waals surface area contributed by atoms with E-state index < -0.39 is 5.91 Å². The molecule has 0 saturated carbocycles. The predicted molar refractivity (Wildman–Crippen MR) is 43.5 cm³/mol. The molecule has 0 spiro atoms. The van der Waals surface area contributed by atoms with Gasteiger partial charge in [-0.15, -0.1) is 0 Å². The fraction of sp³-hybridized carbons (Fsp3) is 0. The number of amides is 1. The largest absolute Gasteiger partial charge is 0.324 e. The Hall–Kier alpha value is -1.59. The third kappa shape index (κ3) is 1.71. The Balaban J connectivity index is 2.84. The van der Waals surface area contributed by atoms with Crippen LogP contribution in [0.15, 0.2) is 24.3 Å². The molecule has 0 aliphatic heterocycles. The SMILES string of the molecule is NNc1ccc(C(=O)NO)cc1. The molecule has 0 radical (unpaired) electrons. The van der Waals surface area contributed by atoms with Gasteiger partial charge < -0.3 is 5.43 Å². The van der Waals surface area contributed by atoms with Crippen molar-refractivity contribution in [2.75, 3.05) is 5.43 Å². The molecule has 1 rings (SSSR count). The van der Waals surface area contributed by atoms with Crippen LogP contribution in [0.1, 0.15) is 10.4 Å². The lowest BCUT2D eigenvalue weighted by Crippen LogP contribution is -2.18. The number of carbonyl (C=O) groups is 1. The van der Waals surface area contributed by atoms with Crippen molar-refractivity contribution in [1.82, 2.24) is 5.48 Å². The highest BCUT2D eigenvalue weighted by Crippen LogP contribution is 2.07. The fourth-order valence-electron chi connectivity index (χ4n) is 0.782. The number of nitrogen functional groups attached to an aromatic ring is 1. The van der Waals surface area contributed by atoms with Gasteiger partial charge in [-0.2, -0.15) is 0 Å². The normalized spacial score (nSPS) is 9.17. The average Bonchev–Trinajstić information content (AvgIpc) is 2.17. The molecule has 0 heterocycles. The fourth-order valence-corrected chi connectivity index (χ4v) is 0.782. The van der Waals surface area contributed by atoms with Gasteiger partial charge >= 0.3 is 0 Å². The standard InChI is InChI=1S/C7H9N3O2/c8-9-6-3-1-5(2-4-6)7(11)10-12/h1-4,9,12H,8H2,(H,10,11). The van der Waals surface area contributed by atoms with E-state index in [1.807, 2.05) is 0 Å². The lowest BCUT2D eigenvalue weighted by Gasteiger charge is -2.00. The van der Waals surface area contributed by atoms with Crippen molar-refractivity contribution < 1.29 is 10.0 Å². The van der Waals surface area contributed by atoms with Gasteiger partial charge in [-0.3, -0.25) is 15.8 Å². The first-order valence-corrected chi connectivity index (χ1v) is 3.29. The van der Waals surface area contributed by atoms with Crippen LogP contribution in [-0.4, -0.2) is 11.1 Å². The van der Waals surface area contributed by atoms with Crippen molar-refractivity contribution in [2.45, 2.75) is 0 Å². The van der Waals surface area contributed by atoms with Gasteiger partial charge in [-0.25, -0.2) is 5.48 Å². The summed E-state index contributed by atoms with van der Waals surface area (Å²) in [7, 11) is 0. The molecule has 12 heavy (non-hydrogen) atoms. The molecule has 0 atom stereocenters. The molecule has 0 bridgehead atoms. The maximum atomic E-state index is 10.8. The maximum absolute atomic E-state index is 10.8. The Morgan fingerprint density at radius 1 is 1.33 bits per heavy atom. The van der Waals surface area contributed by atoms with E-state index in [0.717, 1.165) is 0 Å². The molecule has 5 nitrogen and oxygen atoms in total. The summed E-state index contributed by atoms with van der Waals surface area (Å²) in [5.41, 5.74) is 5.02. The molecule has 0 aliphatic carbocycles. The molecule has 1 amide bonds. The van der Waals surface area contributed by atoms with Crippen LogP contribution >= 0.6 is 0 Å². The van der Waals surface area contributed by atoms with Gasteiger partial charge in [0.25, 0.3) is 5.91 Å². The molecule has 64 valence electrons. The maximum Gasteiger partial charge on any atom is 0.274 e. The molecule has 5 N–H and O–H groups in total. The summed E-state index contributed by atoms with van der Waals surface area (Å²) in [6, 6.07) is 6.34. The minimum atomic E-state index is -0.543. The van der Waals surface area contributed by atoms with Crippen molar-refractivity contribution in [3.63, 3.8) is 0 Å². The number of anilines is 1. The van der Waals surface area contributed by atoms with Crippen molar-refractivity contribution in [1.29, 1.82) is 0 Å². The highest BCUT2D eigenvalue weighted by atomic mass is 16.5. The number of nitrogens with one attached hydrogen (secondary N) is 2. The second-order valence-corrected chi connectivity index (χ2v) is 2.16. The zero-order valence-corrected chi connectivity index (χ0v) is 6.24. The molecule has 0 saturated heterocycles. The van der Waals surface area contributed by atoms with Crippen LogP contribution in [0.2, 0.25) is 0 Å². The summed E-state index contributed by atoms with van der Waals surface area (Å²) in [5.74, 6) is 4.57. The molecular formula is C7H9N3O2. The third-order valence-corrected chi connectivity index (χ3v) is 1.42. The lowest BCUT2D eigenvalue weighted by atomic mass is 10.2. The van der Waals surface area contributed by atoms with E-state index >= 15 is 0 Å². The monoisotopic (exact) mass is 167 g/mol. The van der Waals surface area contributed by atoms with Crippen LogP contribution in [-0.2, 0) is 0 Å². The Bertz CT molecular complexity index is 270. The number of benzene rings is 1. The zero-order valence-electron chi connectivity index (χ0n) is 6.24. The van der Waals surface area contributed by atoms with Gasteiger partial charge in [-0.1, -0.05) is 0 Å². The van der Waals surface area contributed by atoms with Crippen molar-refractivity contribution in [3.05, 3.63) is 29.8 Å². The first kappa shape index (κ1) is 8.51. The van der Waals surface area contributed by atoms with Crippen molar-refractivity contribution in [3.8, 4) is 0 Å². The minimum absolute atomic E-state index is 0.372. The molecule has 0 unspecified atom stereocenters. The average molecular weight is 167 g/mol. The third-order valence-electron chi connectivity index (χ3n) is 1.42. The summed E-state index contributed by atoms with van der Waals surface area (Å²) in [6.45, 7) is 0. The smallest absolute Gasteiger partial charge is 0.274 e. The van der Waals surface area contributed by atoms with E-state index in [9.17, 15) is 4.79 Å². The number of carbonyl (C=O) groups excluding carboxylic acids is 1. The van der Waals surface area contributed by atoms with Gasteiger partial charge in [0.05, 0.1) is 0 Å². The predicted octanol–water partition coefficient (Wildman–Crippen LogP) is 0.0912. The van der Waals surface area contributed by atoms with Crippen LogP contribution in [0, 0.1) is 0 Å². The van der Waals surface area contributed by atoms with Crippen LogP contribution in [0.3, 0.4) is 0 Å². The minimum Gasteiger partial charge on any atom is -0.324 e. The van der Waals surface area contributed by atoms with Crippen LogP contribution in [0.4, 0.5) is 5.69 Å². The van der Waals surface area contributed by atoms with E-state index in [1.54, 1.807) is 24.3 Å². The van der Waals surface area contributed by atoms with Crippen molar-refractivity contribution >= 4 is 11.6 Å². The van der Waals surface area contributed by atoms with E-state index in [4.69, 9.17) is 11.0 Å². The Kier molecular flexibility index (Phi) is 2.62.